The molecule has 0 heterocycles. The lowest BCUT2D eigenvalue weighted by Gasteiger charge is -2.31. The summed E-state index contributed by atoms with van der Waals surface area (Å²) in [7, 11) is 0. The number of halogens is 1. The molecule has 2 saturated carbocycles. The lowest BCUT2D eigenvalue weighted by molar-refractivity contribution is -0.130. The average molecular weight is 212 g/mol. The normalized spacial score (nSPS) is 50.1. The Balaban J connectivity index is 2.01. The van der Waals surface area contributed by atoms with Gasteiger partial charge in [0.25, 0.3) is 0 Å². The number of ketones is 1. The van der Waals surface area contributed by atoms with Crippen LogP contribution in [0.15, 0.2) is 0 Å². The summed E-state index contributed by atoms with van der Waals surface area (Å²) in [5.74, 6) is 1.59. The van der Waals surface area contributed by atoms with Crippen LogP contribution in [0.25, 0.3) is 0 Å². The second-order valence-electron chi connectivity index (χ2n) is 6.07. The van der Waals surface area contributed by atoms with Crippen LogP contribution in [-0.4, -0.2) is 12.0 Å². The second-order valence-corrected chi connectivity index (χ2v) is 6.07. The van der Waals surface area contributed by atoms with Gasteiger partial charge in [0.05, 0.1) is 5.41 Å². The summed E-state index contributed by atoms with van der Waals surface area (Å²) in [5.41, 5.74) is -0.610. The summed E-state index contributed by atoms with van der Waals surface area (Å²) in [6.45, 7) is 6.21. The van der Waals surface area contributed by atoms with E-state index in [1.807, 2.05) is 0 Å². The van der Waals surface area contributed by atoms with E-state index in [2.05, 4.69) is 13.8 Å². The molecule has 0 aromatic rings. The predicted molar refractivity (Wildman–Crippen MR) is 58.3 cm³/mol. The zero-order valence-corrected chi connectivity index (χ0v) is 9.92. The monoisotopic (exact) mass is 212 g/mol. The van der Waals surface area contributed by atoms with Crippen LogP contribution < -0.4 is 0 Å². The molecule has 0 aromatic carbocycles. The third-order valence-electron chi connectivity index (χ3n) is 4.25. The number of hydrogen-bond donors (Lipinski definition) is 0. The molecule has 2 heteroatoms. The zero-order chi connectivity index (χ0) is 11.2. The first kappa shape index (κ1) is 11.1. The fraction of sp³-hybridized carbons (Fsp3) is 0.923. The lowest BCUT2D eigenvalue weighted by Crippen LogP contribution is -2.31. The fourth-order valence-electron chi connectivity index (χ4n) is 3.20. The molecule has 2 fully saturated rings. The number of Topliss-reactive ketones (excluding diaryl/α,β-unsaturated/α-hetero) is 1. The highest BCUT2D eigenvalue weighted by atomic mass is 19.1. The highest BCUT2D eigenvalue weighted by molar-refractivity contribution is 5.90. The summed E-state index contributed by atoms with van der Waals surface area (Å²) in [6, 6.07) is 0. The molecule has 4 unspecified atom stereocenters. The molecule has 2 rings (SSSR count). The topological polar surface area (TPSA) is 17.1 Å². The van der Waals surface area contributed by atoms with E-state index in [0.717, 1.165) is 12.8 Å². The average Bonchev–Trinajstić information content (AvgIpc) is 2.73. The van der Waals surface area contributed by atoms with Gasteiger partial charge in [-0.05, 0) is 44.4 Å². The van der Waals surface area contributed by atoms with Gasteiger partial charge in [-0.25, -0.2) is 4.39 Å². The number of rotatable bonds is 2. The maximum Gasteiger partial charge on any atom is 0.144 e. The van der Waals surface area contributed by atoms with Crippen LogP contribution in [0.4, 0.5) is 4.39 Å². The van der Waals surface area contributed by atoms with E-state index < -0.39 is 11.6 Å². The van der Waals surface area contributed by atoms with Crippen molar-refractivity contribution < 1.29 is 9.18 Å². The summed E-state index contributed by atoms with van der Waals surface area (Å²) in [4.78, 5) is 12.1. The molecular weight excluding hydrogens is 191 g/mol. The molecular formula is C13H21FO. The Labute approximate surface area is 91.4 Å². The van der Waals surface area contributed by atoms with Gasteiger partial charge in [0, 0.05) is 5.92 Å². The van der Waals surface area contributed by atoms with Crippen molar-refractivity contribution >= 4 is 5.78 Å². The van der Waals surface area contributed by atoms with Gasteiger partial charge in [-0.15, -0.1) is 0 Å². The molecule has 2 aliphatic carbocycles. The SMILES string of the molecule is CC1CC(C)CC(C(=O)C2(C)CC2F)C1. The molecule has 0 aromatic heterocycles. The third kappa shape index (κ3) is 1.95. The number of carbonyl (C=O) groups excluding carboxylic acids is 1. The van der Waals surface area contributed by atoms with Crippen molar-refractivity contribution in [1.29, 1.82) is 0 Å². The van der Waals surface area contributed by atoms with E-state index in [-0.39, 0.29) is 11.7 Å². The quantitative estimate of drug-likeness (QED) is 0.686. The van der Waals surface area contributed by atoms with Gasteiger partial charge >= 0.3 is 0 Å². The van der Waals surface area contributed by atoms with Crippen molar-refractivity contribution in [3.8, 4) is 0 Å². The Morgan fingerprint density at radius 2 is 1.67 bits per heavy atom. The van der Waals surface area contributed by atoms with Gasteiger partial charge in [-0.3, -0.25) is 4.79 Å². The van der Waals surface area contributed by atoms with Crippen molar-refractivity contribution in [1.82, 2.24) is 0 Å². The molecule has 0 radical (unpaired) electrons. The van der Waals surface area contributed by atoms with Crippen molar-refractivity contribution in [2.75, 3.05) is 0 Å². The smallest absolute Gasteiger partial charge is 0.144 e. The predicted octanol–water partition coefficient (Wildman–Crippen LogP) is 3.38. The maximum absolute atomic E-state index is 13.1. The van der Waals surface area contributed by atoms with Crippen LogP contribution in [0.2, 0.25) is 0 Å². The van der Waals surface area contributed by atoms with E-state index >= 15 is 0 Å². The van der Waals surface area contributed by atoms with Crippen LogP contribution in [0.1, 0.15) is 46.5 Å². The Hall–Kier alpha value is -0.400. The number of hydrogen-bond acceptors (Lipinski definition) is 1. The molecule has 0 aliphatic heterocycles. The van der Waals surface area contributed by atoms with E-state index in [1.54, 1.807) is 6.92 Å². The van der Waals surface area contributed by atoms with Crippen LogP contribution in [0, 0.1) is 23.2 Å². The van der Waals surface area contributed by atoms with Gasteiger partial charge < -0.3 is 0 Å². The zero-order valence-electron chi connectivity index (χ0n) is 9.92. The molecule has 0 N–H and O–H groups in total. The Morgan fingerprint density at radius 1 is 1.20 bits per heavy atom. The Kier molecular flexibility index (Phi) is 2.64. The van der Waals surface area contributed by atoms with Gasteiger partial charge in [0.1, 0.15) is 12.0 Å². The van der Waals surface area contributed by atoms with Gasteiger partial charge in [0.15, 0.2) is 0 Å². The van der Waals surface area contributed by atoms with E-state index in [0.29, 0.717) is 18.3 Å². The molecule has 0 amide bonds. The van der Waals surface area contributed by atoms with Crippen LogP contribution in [0.3, 0.4) is 0 Å². The van der Waals surface area contributed by atoms with Gasteiger partial charge in [-0.2, -0.15) is 0 Å². The highest BCUT2D eigenvalue weighted by Crippen LogP contribution is 2.52. The highest BCUT2D eigenvalue weighted by Gasteiger charge is 2.58. The van der Waals surface area contributed by atoms with Crippen molar-refractivity contribution in [2.45, 2.75) is 52.6 Å². The molecule has 0 bridgehead atoms. The summed E-state index contributed by atoms with van der Waals surface area (Å²) in [5, 5.41) is 0. The summed E-state index contributed by atoms with van der Waals surface area (Å²) >= 11 is 0. The van der Waals surface area contributed by atoms with Crippen LogP contribution >= 0.6 is 0 Å². The second kappa shape index (κ2) is 3.57. The minimum absolute atomic E-state index is 0.134. The lowest BCUT2D eigenvalue weighted by atomic mass is 9.72. The first-order chi connectivity index (χ1) is 6.93. The third-order valence-corrected chi connectivity index (χ3v) is 4.25. The van der Waals surface area contributed by atoms with Crippen molar-refractivity contribution in [3.05, 3.63) is 0 Å². The maximum atomic E-state index is 13.1. The molecule has 1 nitrogen and oxygen atoms in total. The molecule has 0 spiro atoms. The van der Waals surface area contributed by atoms with E-state index in [4.69, 9.17) is 0 Å². The Morgan fingerprint density at radius 3 is 2.07 bits per heavy atom. The largest absolute Gasteiger partial charge is 0.299 e. The van der Waals surface area contributed by atoms with Crippen LogP contribution in [0.5, 0.6) is 0 Å². The van der Waals surface area contributed by atoms with E-state index in [9.17, 15) is 9.18 Å². The van der Waals surface area contributed by atoms with Crippen molar-refractivity contribution in [2.24, 2.45) is 23.2 Å². The first-order valence-electron chi connectivity index (χ1n) is 6.12. The van der Waals surface area contributed by atoms with Crippen molar-refractivity contribution in [3.63, 3.8) is 0 Å². The molecule has 15 heavy (non-hydrogen) atoms. The minimum atomic E-state index is -0.863. The van der Waals surface area contributed by atoms with Crippen LogP contribution in [-0.2, 0) is 4.79 Å². The Bertz CT molecular complexity index is 266. The van der Waals surface area contributed by atoms with E-state index in [1.165, 1.54) is 6.42 Å². The summed E-state index contributed by atoms with van der Waals surface area (Å²) < 4.78 is 13.1. The fourth-order valence-corrected chi connectivity index (χ4v) is 3.20. The van der Waals surface area contributed by atoms with Gasteiger partial charge in [-0.1, -0.05) is 13.8 Å². The minimum Gasteiger partial charge on any atom is -0.299 e. The standard InChI is InChI=1S/C13H21FO/c1-8-4-9(2)6-10(5-8)12(15)13(3)7-11(13)14/h8-11H,4-7H2,1-3H3. The number of carbonyl (C=O) groups is 1. The first-order valence-corrected chi connectivity index (χ1v) is 6.12. The molecule has 86 valence electrons. The number of alkyl halides is 1. The molecule has 2 aliphatic rings. The molecule has 4 atom stereocenters. The molecule has 0 saturated heterocycles. The summed E-state index contributed by atoms with van der Waals surface area (Å²) in [6.07, 6.45) is 2.78. The van der Waals surface area contributed by atoms with Gasteiger partial charge in [0.2, 0.25) is 0 Å².